The Labute approximate surface area is 71.4 Å². The number of nitriles is 1. The minimum atomic E-state index is 0.0496. The van der Waals surface area contributed by atoms with E-state index in [0.29, 0.717) is 5.75 Å². The average molecular weight is 157 g/mol. The summed E-state index contributed by atoms with van der Waals surface area (Å²) in [4.78, 5) is 0. The molecule has 1 rings (SSSR count). The first-order valence-corrected chi connectivity index (χ1v) is 3.43. The number of terminal acetylenes is 1. The van der Waals surface area contributed by atoms with Gasteiger partial charge in [0, 0.05) is 5.56 Å². The maximum absolute atomic E-state index is 8.24. The summed E-state index contributed by atoms with van der Waals surface area (Å²) >= 11 is 0. The monoisotopic (exact) mass is 157 g/mol. The van der Waals surface area contributed by atoms with Crippen molar-refractivity contribution in [3.8, 4) is 24.2 Å². The molecule has 58 valence electrons. The highest BCUT2D eigenvalue weighted by Gasteiger charge is 1.92. The van der Waals surface area contributed by atoms with Crippen LogP contribution in [-0.2, 0) is 0 Å². The van der Waals surface area contributed by atoms with Crippen molar-refractivity contribution in [3.05, 3.63) is 29.8 Å². The van der Waals surface area contributed by atoms with Gasteiger partial charge in [0.15, 0.2) is 6.61 Å². The molecule has 1 aromatic rings. The Morgan fingerprint density at radius 2 is 2.33 bits per heavy atom. The molecule has 0 amide bonds. The summed E-state index contributed by atoms with van der Waals surface area (Å²) in [5.41, 5.74) is 0.755. The molecular weight excluding hydrogens is 150 g/mol. The van der Waals surface area contributed by atoms with E-state index in [1.807, 2.05) is 6.07 Å². The van der Waals surface area contributed by atoms with Crippen molar-refractivity contribution >= 4 is 0 Å². The molecule has 1 aromatic carbocycles. The lowest BCUT2D eigenvalue weighted by Gasteiger charge is -2.00. The van der Waals surface area contributed by atoms with Crippen molar-refractivity contribution in [3.63, 3.8) is 0 Å². The van der Waals surface area contributed by atoms with Gasteiger partial charge in [-0.2, -0.15) is 5.26 Å². The molecule has 0 aromatic heterocycles. The second-order valence-electron chi connectivity index (χ2n) is 2.12. The van der Waals surface area contributed by atoms with E-state index in [-0.39, 0.29) is 6.61 Å². The van der Waals surface area contributed by atoms with E-state index in [1.54, 1.807) is 24.3 Å². The fourth-order valence-electron chi connectivity index (χ4n) is 0.791. The fraction of sp³-hybridized carbons (Fsp3) is 0.100. The van der Waals surface area contributed by atoms with E-state index in [9.17, 15) is 0 Å². The number of rotatable bonds is 2. The lowest BCUT2D eigenvalue weighted by Crippen LogP contribution is -1.93. The standard InChI is InChI=1S/C10H7NO/c1-2-9-4-3-5-10(8-9)12-7-6-11/h1,3-5,8H,7H2. The molecule has 0 saturated heterocycles. The van der Waals surface area contributed by atoms with Crippen molar-refractivity contribution in [1.29, 1.82) is 5.26 Å². The maximum Gasteiger partial charge on any atom is 0.174 e. The quantitative estimate of drug-likeness (QED) is 0.610. The van der Waals surface area contributed by atoms with Crippen LogP contribution in [0.3, 0.4) is 0 Å². The van der Waals surface area contributed by atoms with Gasteiger partial charge in [0.25, 0.3) is 0 Å². The van der Waals surface area contributed by atoms with Gasteiger partial charge in [0.2, 0.25) is 0 Å². The Bertz CT molecular complexity index is 344. The molecule has 0 saturated carbocycles. The zero-order chi connectivity index (χ0) is 8.81. The van der Waals surface area contributed by atoms with Crippen molar-refractivity contribution in [2.75, 3.05) is 6.61 Å². The third-order valence-electron chi connectivity index (χ3n) is 1.30. The fourth-order valence-corrected chi connectivity index (χ4v) is 0.791. The van der Waals surface area contributed by atoms with Gasteiger partial charge in [0.1, 0.15) is 11.8 Å². The summed E-state index contributed by atoms with van der Waals surface area (Å²) in [6.07, 6.45) is 5.18. The topological polar surface area (TPSA) is 33.0 Å². The first-order valence-electron chi connectivity index (χ1n) is 3.43. The van der Waals surface area contributed by atoms with Gasteiger partial charge in [-0.15, -0.1) is 6.42 Å². The van der Waals surface area contributed by atoms with Crippen molar-refractivity contribution in [1.82, 2.24) is 0 Å². The largest absolute Gasteiger partial charge is 0.479 e. The van der Waals surface area contributed by atoms with Gasteiger partial charge in [-0.1, -0.05) is 12.0 Å². The average Bonchev–Trinajstić information content (AvgIpc) is 2.15. The molecule has 0 aliphatic rings. The molecule has 0 unspecified atom stereocenters. The summed E-state index contributed by atoms with van der Waals surface area (Å²) < 4.78 is 5.04. The molecule has 0 N–H and O–H groups in total. The summed E-state index contributed by atoms with van der Waals surface area (Å²) in [6, 6.07) is 8.96. The smallest absolute Gasteiger partial charge is 0.174 e. The highest BCUT2D eigenvalue weighted by Crippen LogP contribution is 2.11. The summed E-state index contributed by atoms with van der Waals surface area (Å²) in [5.74, 6) is 3.11. The Morgan fingerprint density at radius 1 is 1.50 bits per heavy atom. The van der Waals surface area contributed by atoms with E-state index >= 15 is 0 Å². The molecule has 0 atom stereocenters. The molecule has 0 radical (unpaired) electrons. The number of ether oxygens (including phenoxy) is 1. The molecule has 0 aliphatic carbocycles. The van der Waals surface area contributed by atoms with Gasteiger partial charge in [-0.25, -0.2) is 0 Å². The number of nitrogens with zero attached hydrogens (tertiary/aromatic N) is 1. The molecule has 0 bridgehead atoms. The van der Waals surface area contributed by atoms with E-state index in [4.69, 9.17) is 16.4 Å². The van der Waals surface area contributed by atoms with Crippen molar-refractivity contribution < 1.29 is 4.74 Å². The zero-order valence-corrected chi connectivity index (χ0v) is 6.45. The predicted octanol–water partition coefficient (Wildman–Crippen LogP) is 1.57. The molecule has 12 heavy (non-hydrogen) atoms. The Balaban J connectivity index is 2.76. The molecule has 2 nitrogen and oxygen atoms in total. The molecule has 0 heterocycles. The van der Waals surface area contributed by atoms with Crippen LogP contribution in [0, 0.1) is 23.7 Å². The molecule has 0 fully saturated rings. The van der Waals surface area contributed by atoms with Crippen LogP contribution < -0.4 is 4.74 Å². The third kappa shape index (κ3) is 2.04. The molecular formula is C10H7NO. The molecule has 2 heteroatoms. The normalized spacial score (nSPS) is 8.17. The van der Waals surface area contributed by atoms with Crippen LogP contribution in [-0.4, -0.2) is 6.61 Å². The first kappa shape index (κ1) is 8.17. The summed E-state index contributed by atoms with van der Waals surface area (Å²) in [7, 11) is 0. The van der Waals surface area contributed by atoms with Crippen LogP contribution >= 0.6 is 0 Å². The van der Waals surface area contributed by atoms with Crippen LogP contribution in [0.15, 0.2) is 24.3 Å². The third-order valence-corrected chi connectivity index (χ3v) is 1.30. The highest BCUT2D eigenvalue weighted by atomic mass is 16.5. The van der Waals surface area contributed by atoms with Crippen LogP contribution in [0.5, 0.6) is 5.75 Å². The lowest BCUT2D eigenvalue weighted by molar-refractivity contribution is 0.368. The van der Waals surface area contributed by atoms with E-state index in [2.05, 4.69) is 5.92 Å². The number of benzene rings is 1. The Hall–Kier alpha value is -1.93. The molecule has 0 aliphatic heterocycles. The van der Waals surface area contributed by atoms with Crippen LogP contribution in [0.2, 0.25) is 0 Å². The minimum absolute atomic E-state index is 0.0496. The summed E-state index contributed by atoms with van der Waals surface area (Å²) in [5, 5.41) is 8.24. The van der Waals surface area contributed by atoms with Gasteiger partial charge in [0.05, 0.1) is 0 Å². The zero-order valence-electron chi connectivity index (χ0n) is 6.45. The van der Waals surface area contributed by atoms with Gasteiger partial charge < -0.3 is 4.74 Å². The minimum Gasteiger partial charge on any atom is -0.479 e. The predicted molar refractivity (Wildman–Crippen MR) is 45.5 cm³/mol. The van der Waals surface area contributed by atoms with Crippen molar-refractivity contribution in [2.45, 2.75) is 0 Å². The van der Waals surface area contributed by atoms with Gasteiger partial charge >= 0.3 is 0 Å². The number of hydrogen-bond donors (Lipinski definition) is 0. The van der Waals surface area contributed by atoms with Gasteiger partial charge in [-0.3, -0.25) is 0 Å². The number of hydrogen-bond acceptors (Lipinski definition) is 2. The second-order valence-corrected chi connectivity index (χ2v) is 2.12. The maximum atomic E-state index is 8.24. The Kier molecular flexibility index (Phi) is 2.76. The van der Waals surface area contributed by atoms with Gasteiger partial charge in [-0.05, 0) is 18.2 Å². The molecule has 0 spiro atoms. The SMILES string of the molecule is C#Cc1cccc(OCC#N)c1. The lowest BCUT2D eigenvalue weighted by atomic mass is 10.2. The second kappa shape index (κ2) is 4.05. The Morgan fingerprint density at radius 3 is 3.00 bits per heavy atom. The summed E-state index contributed by atoms with van der Waals surface area (Å²) in [6.45, 7) is 0.0496. The van der Waals surface area contributed by atoms with E-state index in [0.717, 1.165) is 5.56 Å². The van der Waals surface area contributed by atoms with E-state index in [1.165, 1.54) is 0 Å². The van der Waals surface area contributed by atoms with Crippen LogP contribution in [0.25, 0.3) is 0 Å². The van der Waals surface area contributed by atoms with E-state index < -0.39 is 0 Å². The first-order chi connectivity index (χ1) is 5.86. The van der Waals surface area contributed by atoms with Crippen LogP contribution in [0.4, 0.5) is 0 Å². The van der Waals surface area contributed by atoms with Crippen LogP contribution in [0.1, 0.15) is 5.56 Å². The highest BCUT2D eigenvalue weighted by molar-refractivity contribution is 5.38. The van der Waals surface area contributed by atoms with Crippen molar-refractivity contribution in [2.24, 2.45) is 0 Å².